The minimum Gasteiger partial charge on any atom is -0.338 e. The molecule has 0 radical (unpaired) electrons. The van der Waals surface area contributed by atoms with E-state index in [0.717, 1.165) is 23.2 Å². The molecule has 1 aromatic rings. The van der Waals surface area contributed by atoms with Crippen molar-refractivity contribution in [2.75, 3.05) is 30.0 Å². The van der Waals surface area contributed by atoms with E-state index < -0.39 is 9.84 Å². The second-order valence-corrected chi connectivity index (χ2v) is 9.14. The standard InChI is InChI=1S/C17H20N2O4S/c1-18(14-5-7-24(22,23)10-14)17(21)13-8-11-2-3-15(20)19-6-4-12(9-13)16(11)19/h8-9,14H,2-7,10H2,1H3. The van der Waals surface area contributed by atoms with Crippen molar-refractivity contribution < 1.29 is 18.0 Å². The van der Waals surface area contributed by atoms with Gasteiger partial charge in [0.1, 0.15) is 0 Å². The van der Waals surface area contributed by atoms with E-state index in [1.165, 1.54) is 0 Å². The van der Waals surface area contributed by atoms with Crippen LogP contribution in [0.1, 0.15) is 34.3 Å². The highest BCUT2D eigenvalue weighted by Gasteiger charge is 2.35. The lowest BCUT2D eigenvalue weighted by molar-refractivity contribution is -0.118. The van der Waals surface area contributed by atoms with E-state index in [9.17, 15) is 18.0 Å². The maximum atomic E-state index is 12.8. The Bertz CT molecular complexity index is 846. The van der Waals surface area contributed by atoms with Gasteiger partial charge in [-0.25, -0.2) is 8.42 Å². The molecule has 3 heterocycles. The third-order valence-electron chi connectivity index (χ3n) is 5.38. The Morgan fingerprint density at radius 3 is 2.58 bits per heavy atom. The zero-order valence-electron chi connectivity index (χ0n) is 13.6. The molecule has 1 fully saturated rings. The molecule has 0 aliphatic carbocycles. The number of benzene rings is 1. The normalized spacial score (nSPS) is 24.1. The Morgan fingerprint density at radius 2 is 1.92 bits per heavy atom. The Kier molecular flexibility index (Phi) is 3.46. The molecule has 3 aliphatic heterocycles. The molecule has 1 saturated heterocycles. The van der Waals surface area contributed by atoms with Gasteiger partial charge in [-0.2, -0.15) is 0 Å². The molecule has 0 N–H and O–H groups in total. The summed E-state index contributed by atoms with van der Waals surface area (Å²) in [6, 6.07) is 3.51. The maximum Gasteiger partial charge on any atom is 0.253 e. The summed E-state index contributed by atoms with van der Waals surface area (Å²) in [7, 11) is -1.34. The van der Waals surface area contributed by atoms with Gasteiger partial charge < -0.3 is 9.80 Å². The molecule has 1 unspecified atom stereocenters. The Labute approximate surface area is 141 Å². The Balaban J connectivity index is 1.64. The van der Waals surface area contributed by atoms with Gasteiger partial charge >= 0.3 is 0 Å². The van der Waals surface area contributed by atoms with Crippen LogP contribution in [0, 0.1) is 0 Å². The van der Waals surface area contributed by atoms with Gasteiger partial charge in [0.25, 0.3) is 5.91 Å². The molecule has 1 aromatic carbocycles. The van der Waals surface area contributed by atoms with Gasteiger partial charge in [0.15, 0.2) is 9.84 Å². The lowest BCUT2D eigenvalue weighted by atomic mass is 9.96. The van der Waals surface area contributed by atoms with Gasteiger partial charge in [-0.15, -0.1) is 0 Å². The first kappa shape index (κ1) is 15.6. The average Bonchev–Trinajstić information content (AvgIpc) is 3.13. The summed E-state index contributed by atoms with van der Waals surface area (Å²) < 4.78 is 23.3. The number of anilines is 1. The molecular formula is C17H20N2O4S. The molecule has 0 saturated carbocycles. The molecule has 6 nitrogen and oxygen atoms in total. The highest BCUT2D eigenvalue weighted by Crippen LogP contribution is 2.37. The number of aryl methyl sites for hydroxylation is 1. The highest BCUT2D eigenvalue weighted by molar-refractivity contribution is 7.91. The summed E-state index contributed by atoms with van der Waals surface area (Å²) in [6.07, 6.45) is 2.43. The maximum absolute atomic E-state index is 12.8. The number of hydrogen-bond acceptors (Lipinski definition) is 4. The van der Waals surface area contributed by atoms with Crippen LogP contribution >= 0.6 is 0 Å². The predicted molar refractivity (Wildman–Crippen MR) is 90.0 cm³/mol. The zero-order valence-corrected chi connectivity index (χ0v) is 14.4. The fraction of sp³-hybridized carbons (Fsp3) is 0.529. The van der Waals surface area contributed by atoms with Gasteiger partial charge in [0.05, 0.1) is 17.2 Å². The summed E-state index contributed by atoms with van der Waals surface area (Å²) in [5.41, 5.74) is 3.71. The van der Waals surface area contributed by atoms with E-state index in [-0.39, 0.29) is 29.4 Å². The number of rotatable bonds is 2. The van der Waals surface area contributed by atoms with Gasteiger partial charge in [-0.1, -0.05) is 0 Å². The smallest absolute Gasteiger partial charge is 0.253 e. The quantitative estimate of drug-likeness (QED) is 0.792. The van der Waals surface area contributed by atoms with Crippen LogP contribution in [0.25, 0.3) is 0 Å². The lowest BCUT2D eigenvalue weighted by Crippen LogP contribution is -2.38. The first-order chi connectivity index (χ1) is 11.4. The first-order valence-electron chi connectivity index (χ1n) is 8.29. The Morgan fingerprint density at radius 1 is 1.21 bits per heavy atom. The predicted octanol–water partition coefficient (Wildman–Crippen LogP) is 0.781. The summed E-state index contributed by atoms with van der Waals surface area (Å²) in [5, 5.41) is 0. The molecule has 0 spiro atoms. The molecule has 1 atom stereocenters. The topological polar surface area (TPSA) is 74.8 Å². The van der Waals surface area contributed by atoms with Crippen LogP contribution in [0.15, 0.2) is 12.1 Å². The van der Waals surface area contributed by atoms with Crippen molar-refractivity contribution in [3.05, 3.63) is 28.8 Å². The summed E-state index contributed by atoms with van der Waals surface area (Å²) in [6.45, 7) is 0.690. The molecule has 0 aromatic heterocycles. The largest absolute Gasteiger partial charge is 0.338 e. The van der Waals surface area contributed by atoms with Gasteiger partial charge in [-0.05, 0) is 42.5 Å². The molecule has 7 heteroatoms. The van der Waals surface area contributed by atoms with Crippen LogP contribution in [-0.4, -0.2) is 56.3 Å². The molecule has 2 amide bonds. The number of carbonyl (C=O) groups excluding carboxylic acids is 2. The van der Waals surface area contributed by atoms with Gasteiger partial charge in [-0.3, -0.25) is 9.59 Å². The van der Waals surface area contributed by atoms with Crippen molar-refractivity contribution in [3.8, 4) is 0 Å². The fourth-order valence-electron chi connectivity index (χ4n) is 4.03. The van der Waals surface area contributed by atoms with Crippen molar-refractivity contribution in [2.45, 2.75) is 31.7 Å². The Hall–Kier alpha value is -1.89. The van der Waals surface area contributed by atoms with Crippen LogP contribution in [0.2, 0.25) is 0 Å². The molecule has 24 heavy (non-hydrogen) atoms. The second-order valence-electron chi connectivity index (χ2n) is 6.91. The van der Waals surface area contributed by atoms with Gasteiger partial charge in [0.2, 0.25) is 5.91 Å². The third kappa shape index (κ3) is 2.42. The van der Waals surface area contributed by atoms with E-state index in [2.05, 4.69) is 0 Å². The molecule has 0 bridgehead atoms. The third-order valence-corrected chi connectivity index (χ3v) is 7.13. The van der Waals surface area contributed by atoms with Crippen LogP contribution in [-0.2, 0) is 27.5 Å². The van der Waals surface area contributed by atoms with E-state index in [1.54, 1.807) is 11.9 Å². The SMILES string of the molecule is CN(C(=O)c1cc2c3c(c1)CCN3C(=O)CC2)C1CCS(=O)(=O)C1. The monoisotopic (exact) mass is 348 g/mol. The van der Waals surface area contributed by atoms with Crippen LogP contribution in [0.5, 0.6) is 0 Å². The number of nitrogens with zero attached hydrogens (tertiary/aromatic N) is 2. The highest BCUT2D eigenvalue weighted by atomic mass is 32.2. The van der Waals surface area contributed by atoms with Crippen LogP contribution < -0.4 is 4.90 Å². The van der Waals surface area contributed by atoms with Crippen molar-refractivity contribution in [1.82, 2.24) is 4.90 Å². The first-order valence-corrected chi connectivity index (χ1v) is 10.1. The number of amides is 2. The van der Waals surface area contributed by atoms with Crippen molar-refractivity contribution >= 4 is 27.3 Å². The number of hydrogen-bond donors (Lipinski definition) is 0. The second kappa shape index (κ2) is 5.31. The van der Waals surface area contributed by atoms with Crippen LogP contribution in [0.3, 0.4) is 0 Å². The fourth-order valence-corrected chi connectivity index (χ4v) is 5.81. The minimum absolute atomic E-state index is 0.0509. The summed E-state index contributed by atoms with van der Waals surface area (Å²) in [5.74, 6) is 0.233. The molecule has 4 rings (SSSR count). The molecule has 3 aliphatic rings. The summed E-state index contributed by atoms with van der Waals surface area (Å²) >= 11 is 0. The zero-order chi connectivity index (χ0) is 17.1. The summed E-state index contributed by atoms with van der Waals surface area (Å²) in [4.78, 5) is 28.2. The molecular weight excluding hydrogens is 328 g/mol. The number of carbonyl (C=O) groups is 2. The van der Waals surface area contributed by atoms with E-state index in [4.69, 9.17) is 0 Å². The van der Waals surface area contributed by atoms with E-state index >= 15 is 0 Å². The van der Waals surface area contributed by atoms with E-state index in [1.807, 2.05) is 17.0 Å². The van der Waals surface area contributed by atoms with Gasteiger partial charge in [0, 0.05) is 31.6 Å². The van der Waals surface area contributed by atoms with E-state index in [0.29, 0.717) is 31.4 Å². The van der Waals surface area contributed by atoms with Crippen molar-refractivity contribution in [3.63, 3.8) is 0 Å². The van der Waals surface area contributed by atoms with Crippen LogP contribution in [0.4, 0.5) is 5.69 Å². The lowest BCUT2D eigenvalue weighted by Gasteiger charge is -2.27. The van der Waals surface area contributed by atoms with Crippen molar-refractivity contribution in [2.24, 2.45) is 0 Å². The average molecular weight is 348 g/mol. The molecule has 128 valence electrons. The van der Waals surface area contributed by atoms with Crippen molar-refractivity contribution in [1.29, 1.82) is 0 Å². The number of sulfone groups is 1. The minimum atomic E-state index is -3.02.